The van der Waals surface area contributed by atoms with Crippen molar-refractivity contribution in [2.45, 2.75) is 6.10 Å². The summed E-state index contributed by atoms with van der Waals surface area (Å²) in [5, 5.41) is 3.15. The molecule has 4 N–H and O–H groups in total. The normalized spacial score (nSPS) is 16.1. The number of halogens is 1. The first-order valence-electron chi connectivity index (χ1n) is 6.56. The summed E-state index contributed by atoms with van der Waals surface area (Å²) in [6.07, 6.45) is -1.31. The van der Waals surface area contributed by atoms with E-state index in [4.69, 9.17) is 16.0 Å². The van der Waals surface area contributed by atoms with E-state index < -0.39 is 23.9 Å². The molecule has 1 aliphatic rings. The SMILES string of the molecule is [N-]=[N+]=NC[C@H]1CN(c2ccc(C(=O)NNC(N)=S)c(F)c2)C(=O)O1. The quantitative estimate of drug-likeness (QED) is 0.241. The number of cyclic esters (lactones) is 1. The molecule has 0 unspecified atom stereocenters. The average molecular weight is 353 g/mol. The van der Waals surface area contributed by atoms with Crippen molar-refractivity contribution in [1.29, 1.82) is 0 Å². The summed E-state index contributed by atoms with van der Waals surface area (Å²) in [6.45, 7) is 0.0816. The lowest BCUT2D eigenvalue weighted by atomic mass is 10.1. The summed E-state index contributed by atoms with van der Waals surface area (Å²) in [4.78, 5) is 27.3. The molecule has 0 aliphatic carbocycles. The fourth-order valence-electron chi connectivity index (χ4n) is 2.00. The highest BCUT2D eigenvalue weighted by molar-refractivity contribution is 7.80. The lowest BCUT2D eigenvalue weighted by molar-refractivity contribution is 0.0940. The van der Waals surface area contributed by atoms with Gasteiger partial charge in [-0.15, -0.1) is 0 Å². The van der Waals surface area contributed by atoms with E-state index in [9.17, 15) is 14.0 Å². The molecule has 0 bridgehead atoms. The Balaban J connectivity index is 2.11. The largest absolute Gasteiger partial charge is 0.444 e. The van der Waals surface area contributed by atoms with E-state index >= 15 is 0 Å². The van der Waals surface area contributed by atoms with Crippen LogP contribution in [0.25, 0.3) is 10.4 Å². The first-order valence-corrected chi connectivity index (χ1v) is 6.97. The molecule has 10 nitrogen and oxygen atoms in total. The van der Waals surface area contributed by atoms with Crippen LogP contribution in [0, 0.1) is 5.82 Å². The van der Waals surface area contributed by atoms with Crippen LogP contribution in [0.15, 0.2) is 23.3 Å². The second-order valence-electron chi connectivity index (χ2n) is 4.64. The van der Waals surface area contributed by atoms with E-state index in [1.54, 1.807) is 0 Å². The second-order valence-corrected chi connectivity index (χ2v) is 5.08. The van der Waals surface area contributed by atoms with Crippen LogP contribution in [-0.4, -0.2) is 36.3 Å². The lowest BCUT2D eigenvalue weighted by Crippen LogP contribution is -2.44. The van der Waals surface area contributed by atoms with Crippen LogP contribution in [0.2, 0.25) is 0 Å². The molecule has 0 saturated carbocycles. The number of benzene rings is 1. The summed E-state index contributed by atoms with van der Waals surface area (Å²) in [7, 11) is 0. The van der Waals surface area contributed by atoms with Gasteiger partial charge in [0.25, 0.3) is 5.91 Å². The topological polar surface area (TPSA) is 145 Å². The van der Waals surface area contributed by atoms with Gasteiger partial charge in [-0.1, -0.05) is 5.11 Å². The molecule has 0 radical (unpaired) electrons. The van der Waals surface area contributed by atoms with Crippen LogP contribution in [0.3, 0.4) is 0 Å². The number of nitrogens with zero attached hydrogens (tertiary/aromatic N) is 4. The number of hydrazine groups is 1. The third-order valence-electron chi connectivity index (χ3n) is 3.03. The van der Waals surface area contributed by atoms with Crippen molar-refractivity contribution in [3.63, 3.8) is 0 Å². The smallest absolute Gasteiger partial charge is 0.414 e. The number of nitrogens with two attached hydrogens (primary N) is 1. The van der Waals surface area contributed by atoms with Gasteiger partial charge in [-0.05, 0) is 35.9 Å². The van der Waals surface area contributed by atoms with E-state index in [1.807, 2.05) is 0 Å². The Labute approximate surface area is 140 Å². The Morgan fingerprint density at radius 3 is 2.96 bits per heavy atom. The van der Waals surface area contributed by atoms with Crippen molar-refractivity contribution >= 4 is 35.0 Å². The Hall–Kier alpha value is -3.11. The summed E-state index contributed by atoms with van der Waals surface area (Å²) < 4.78 is 19.1. The van der Waals surface area contributed by atoms with Crippen LogP contribution in [-0.2, 0) is 4.74 Å². The third-order valence-corrected chi connectivity index (χ3v) is 3.13. The highest BCUT2D eigenvalue weighted by Gasteiger charge is 2.32. The molecule has 24 heavy (non-hydrogen) atoms. The van der Waals surface area contributed by atoms with Crippen molar-refractivity contribution in [3.05, 3.63) is 40.0 Å². The molecule has 1 atom stereocenters. The number of anilines is 1. The monoisotopic (exact) mass is 353 g/mol. The molecule has 2 rings (SSSR count). The molecule has 0 spiro atoms. The molecule has 12 heteroatoms. The van der Waals surface area contributed by atoms with Gasteiger partial charge in [0.15, 0.2) is 5.11 Å². The zero-order valence-electron chi connectivity index (χ0n) is 12.1. The van der Waals surface area contributed by atoms with Gasteiger partial charge in [-0.25, -0.2) is 9.18 Å². The van der Waals surface area contributed by atoms with Crippen molar-refractivity contribution in [3.8, 4) is 0 Å². The molecular weight excluding hydrogens is 341 g/mol. The van der Waals surface area contributed by atoms with Crippen LogP contribution >= 0.6 is 12.2 Å². The van der Waals surface area contributed by atoms with Gasteiger partial charge >= 0.3 is 6.09 Å². The molecule has 1 heterocycles. The van der Waals surface area contributed by atoms with E-state index in [0.29, 0.717) is 0 Å². The van der Waals surface area contributed by atoms with Gasteiger partial charge < -0.3 is 10.5 Å². The first kappa shape index (κ1) is 17.2. The highest BCUT2D eigenvalue weighted by Crippen LogP contribution is 2.24. The standard InChI is InChI=1S/C12H12FN7O3S/c13-9-3-6(1-2-8(9)10(21)17-18-11(14)24)20-5-7(4-16-19-15)23-12(20)22/h1-3,7H,4-5H2,(H,17,21)(H3,14,18,24)/t7-/m0/s1. The maximum absolute atomic E-state index is 14.1. The van der Waals surface area contributed by atoms with E-state index in [1.165, 1.54) is 17.0 Å². The molecule has 1 fully saturated rings. The number of azide groups is 1. The zero-order valence-corrected chi connectivity index (χ0v) is 12.9. The first-order chi connectivity index (χ1) is 11.4. The van der Waals surface area contributed by atoms with Gasteiger partial charge in [0, 0.05) is 4.91 Å². The van der Waals surface area contributed by atoms with E-state index in [0.717, 1.165) is 6.07 Å². The van der Waals surface area contributed by atoms with Crippen LogP contribution in [0.1, 0.15) is 10.4 Å². The average Bonchev–Trinajstić information content (AvgIpc) is 2.91. The summed E-state index contributed by atoms with van der Waals surface area (Å²) in [5.41, 5.74) is 17.7. The van der Waals surface area contributed by atoms with Crippen molar-refractivity contribution in [2.24, 2.45) is 10.8 Å². The Morgan fingerprint density at radius 1 is 1.58 bits per heavy atom. The second kappa shape index (κ2) is 7.44. The zero-order chi connectivity index (χ0) is 17.7. The van der Waals surface area contributed by atoms with Gasteiger partial charge in [-0.3, -0.25) is 20.5 Å². The molecule has 1 aromatic rings. The van der Waals surface area contributed by atoms with Gasteiger partial charge in [0.1, 0.15) is 11.9 Å². The number of carbonyl (C=O) groups is 2. The van der Waals surface area contributed by atoms with Crippen molar-refractivity contribution in [2.75, 3.05) is 18.0 Å². The van der Waals surface area contributed by atoms with Crippen molar-refractivity contribution in [1.82, 2.24) is 10.9 Å². The summed E-state index contributed by atoms with van der Waals surface area (Å²) >= 11 is 4.51. The highest BCUT2D eigenvalue weighted by atomic mass is 32.1. The molecule has 1 aliphatic heterocycles. The van der Waals surface area contributed by atoms with Gasteiger partial charge in [0.05, 0.1) is 24.3 Å². The number of hydrogen-bond acceptors (Lipinski definition) is 5. The summed E-state index contributed by atoms with van der Waals surface area (Å²) in [6, 6.07) is 3.61. The minimum Gasteiger partial charge on any atom is -0.444 e. The fraction of sp³-hybridized carbons (Fsp3) is 0.250. The van der Waals surface area contributed by atoms with E-state index in [2.05, 4.69) is 33.1 Å². The maximum Gasteiger partial charge on any atom is 0.414 e. The minimum absolute atomic E-state index is 0.0214. The lowest BCUT2D eigenvalue weighted by Gasteiger charge is -2.14. The number of carbonyl (C=O) groups excluding carboxylic acids is 2. The Morgan fingerprint density at radius 2 is 2.33 bits per heavy atom. The van der Waals surface area contributed by atoms with Crippen LogP contribution in [0.4, 0.5) is 14.9 Å². The summed E-state index contributed by atoms with van der Waals surface area (Å²) in [5.74, 6) is -1.63. The van der Waals surface area contributed by atoms with E-state index in [-0.39, 0.29) is 29.5 Å². The minimum atomic E-state index is -0.846. The van der Waals surface area contributed by atoms with Crippen molar-refractivity contribution < 1.29 is 18.7 Å². The number of hydrogen-bond donors (Lipinski definition) is 3. The predicted molar refractivity (Wildman–Crippen MR) is 85.4 cm³/mol. The Kier molecular flexibility index (Phi) is 5.35. The van der Waals surface area contributed by atoms with Crippen LogP contribution in [0.5, 0.6) is 0 Å². The number of nitrogens with one attached hydrogen (secondary N) is 2. The third kappa shape index (κ3) is 4.00. The number of ether oxygens (including phenoxy) is 1. The molecular formula is C12H12FN7O3S. The number of rotatable bonds is 4. The van der Waals surface area contributed by atoms with Gasteiger partial charge in [0.2, 0.25) is 0 Å². The molecule has 1 saturated heterocycles. The molecule has 2 amide bonds. The molecule has 126 valence electrons. The number of thiocarbonyl (C=S) groups is 1. The maximum atomic E-state index is 14.1. The van der Waals surface area contributed by atoms with Crippen LogP contribution < -0.4 is 21.5 Å². The Bertz CT molecular complexity index is 737. The predicted octanol–water partition coefficient (Wildman–Crippen LogP) is 0.939. The van der Waals surface area contributed by atoms with Gasteiger partial charge in [-0.2, -0.15) is 0 Å². The fourth-order valence-corrected chi connectivity index (χ4v) is 2.05. The molecule has 1 aromatic carbocycles. The molecule has 0 aromatic heterocycles. The number of amides is 2.